The third-order valence-electron chi connectivity index (χ3n) is 5.86. The molecule has 2 fully saturated rings. The van der Waals surface area contributed by atoms with Crippen molar-refractivity contribution in [2.75, 3.05) is 19.7 Å². The number of likely N-dealkylation sites (tertiary alicyclic amines) is 1. The van der Waals surface area contributed by atoms with Crippen molar-refractivity contribution in [3.8, 4) is 0 Å². The fourth-order valence-corrected chi connectivity index (χ4v) is 4.16. The Morgan fingerprint density at radius 2 is 1.85 bits per heavy atom. The zero-order valence-electron chi connectivity index (χ0n) is 17.6. The Labute approximate surface area is 193 Å². The van der Waals surface area contributed by atoms with Crippen LogP contribution in [0.3, 0.4) is 0 Å². The van der Waals surface area contributed by atoms with Crippen molar-refractivity contribution in [1.82, 2.24) is 15.2 Å². The topological polar surface area (TPSA) is 80.8 Å². The van der Waals surface area contributed by atoms with Gasteiger partial charge in [0.1, 0.15) is 12.3 Å². The van der Waals surface area contributed by atoms with Crippen LogP contribution in [0.4, 0.5) is 13.2 Å². The minimum atomic E-state index is -4.65. The van der Waals surface area contributed by atoms with E-state index < -0.39 is 18.6 Å². The molecule has 1 aromatic heterocycles. The molecule has 178 valence electrons. The second kappa shape index (κ2) is 9.82. The summed E-state index contributed by atoms with van der Waals surface area (Å²) in [4.78, 5) is 30.9. The number of benzene rings is 1. The first-order valence-electron chi connectivity index (χ1n) is 10.7. The molecule has 1 N–H and O–H groups in total. The van der Waals surface area contributed by atoms with Gasteiger partial charge in [0.2, 0.25) is 5.91 Å². The number of hydrogen-bond donors (Lipinski definition) is 1. The molecule has 0 radical (unpaired) electrons. The molecule has 2 aromatic rings. The second-order valence-corrected chi connectivity index (χ2v) is 8.69. The van der Waals surface area contributed by atoms with Crippen LogP contribution in [0.25, 0.3) is 10.9 Å². The Hall–Kier alpha value is -2.43. The summed E-state index contributed by atoms with van der Waals surface area (Å²) < 4.78 is 45.7. The number of alkyl halides is 3. The predicted octanol–water partition coefficient (Wildman–Crippen LogP) is 3.69. The van der Waals surface area contributed by atoms with Gasteiger partial charge in [0.05, 0.1) is 17.7 Å². The van der Waals surface area contributed by atoms with Crippen molar-refractivity contribution in [2.45, 2.75) is 50.3 Å². The number of nitrogens with zero attached hydrogens (tertiary/aromatic N) is 2. The summed E-state index contributed by atoms with van der Waals surface area (Å²) in [5.41, 5.74) is 0.986. The van der Waals surface area contributed by atoms with Crippen molar-refractivity contribution >= 4 is 34.3 Å². The van der Waals surface area contributed by atoms with Gasteiger partial charge in [-0.15, -0.1) is 13.2 Å². The molecule has 11 heteroatoms. The lowest BCUT2D eigenvalue weighted by Gasteiger charge is -2.36. The summed E-state index contributed by atoms with van der Waals surface area (Å²) >= 11 is 5.97. The summed E-state index contributed by atoms with van der Waals surface area (Å²) in [6.07, 6.45) is -4.53. The van der Waals surface area contributed by atoms with E-state index in [1.165, 1.54) is 0 Å². The van der Waals surface area contributed by atoms with Crippen molar-refractivity contribution in [1.29, 1.82) is 0 Å². The second-order valence-electron chi connectivity index (χ2n) is 8.25. The molecule has 0 unspecified atom stereocenters. The third kappa shape index (κ3) is 6.33. The third-order valence-corrected chi connectivity index (χ3v) is 6.10. The van der Waals surface area contributed by atoms with E-state index in [-0.39, 0.29) is 37.3 Å². The minimum absolute atomic E-state index is 0.0860. The number of halogens is 4. The highest BCUT2D eigenvalue weighted by Crippen LogP contribution is 2.32. The SMILES string of the molecule is O=C(NC1CCN(C(=O)COC2CC(OC(F)(F)F)C2)CC1)c1ccc2cc(Cl)ccc2n1. The maximum absolute atomic E-state index is 12.6. The highest BCUT2D eigenvalue weighted by Gasteiger charge is 2.41. The Bertz CT molecular complexity index is 1020. The molecular formula is C22H23ClF3N3O4. The highest BCUT2D eigenvalue weighted by molar-refractivity contribution is 6.31. The number of rotatable bonds is 6. The van der Waals surface area contributed by atoms with E-state index in [0.717, 1.165) is 5.39 Å². The van der Waals surface area contributed by atoms with E-state index in [0.29, 0.717) is 42.2 Å². The van der Waals surface area contributed by atoms with Crippen LogP contribution in [0.2, 0.25) is 5.02 Å². The number of nitrogens with one attached hydrogen (secondary N) is 1. The van der Waals surface area contributed by atoms with Gasteiger partial charge in [-0.05, 0) is 37.1 Å². The fourth-order valence-electron chi connectivity index (χ4n) is 3.97. The number of amides is 2. The summed E-state index contributed by atoms with van der Waals surface area (Å²) in [5, 5.41) is 4.40. The molecule has 0 atom stereocenters. The molecule has 33 heavy (non-hydrogen) atoms. The summed E-state index contributed by atoms with van der Waals surface area (Å²) in [7, 11) is 0. The number of ether oxygens (including phenoxy) is 2. The first kappa shape index (κ1) is 23.7. The van der Waals surface area contributed by atoms with E-state index in [1.807, 2.05) is 0 Å². The molecule has 1 saturated heterocycles. The number of aromatic nitrogens is 1. The maximum atomic E-state index is 12.6. The average Bonchev–Trinajstić information content (AvgIpc) is 2.74. The molecule has 0 spiro atoms. The van der Waals surface area contributed by atoms with Gasteiger partial charge in [0.15, 0.2) is 0 Å². The lowest BCUT2D eigenvalue weighted by molar-refractivity contribution is -0.357. The van der Waals surface area contributed by atoms with Crippen LogP contribution < -0.4 is 5.32 Å². The highest BCUT2D eigenvalue weighted by atomic mass is 35.5. The van der Waals surface area contributed by atoms with Crippen LogP contribution in [0.5, 0.6) is 0 Å². The van der Waals surface area contributed by atoms with E-state index in [2.05, 4.69) is 15.0 Å². The zero-order valence-corrected chi connectivity index (χ0v) is 18.4. The molecule has 2 aliphatic rings. The zero-order chi connectivity index (χ0) is 23.6. The molecular weight excluding hydrogens is 463 g/mol. The van der Waals surface area contributed by atoms with Gasteiger partial charge in [0.25, 0.3) is 5.91 Å². The molecule has 2 heterocycles. The standard InChI is InChI=1S/C22H23ClF3N3O4/c23-14-2-4-18-13(9-14)1-3-19(28-18)21(31)27-15-5-7-29(8-6-15)20(30)12-32-16-10-17(11-16)33-22(24,25)26/h1-4,9,15-17H,5-8,10-12H2,(H,27,31). The number of hydrogen-bond acceptors (Lipinski definition) is 5. The Balaban J connectivity index is 1.18. The van der Waals surface area contributed by atoms with Gasteiger partial charge in [-0.25, -0.2) is 4.98 Å². The van der Waals surface area contributed by atoms with E-state index in [4.69, 9.17) is 16.3 Å². The van der Waals surface area contributed by atoms with Gasteiger partial charge in [-0.1, -0.05) is 17.7 Å². The van der Waals surface area contributed by atoms with Crippen LogP contribution in [0.15, 0.2) is 30.3 Å². The lowest BCUT2D eigenvalue weighted by Crippen LogP contribution is -2.48. The Kier molecular flexibility index (Phi) is 7.06. The molecule has 4 rings (SSSR count). The predicted molar refractivity (Wildman–Crippen MR) is 114 cm³/mol. The summed E-state index contributed by atoms with van der Waals surface area (Å²) in [6.45, 7) is 0.744. The molecule has 1 aliphatic heterocycles. The average molecular weight is 486 g/mol. The smallest absolute Gasteiger partial charge is 0.368 e. The molecule has 1 aromatic carbocycles. The number of carbonyl (C=O) groups excluding carboxylic acids is 2. The fraction of sp³-hybridized carbons (Fsp3) is 0.500. The van der Waals surface area contributed by atoms with Gasteiger partial charge >= 0.3 is 6.36 Å². The van der Waals surface area contributed by atoms with E-state index in [1.54, 1.807) is 35.2 Å². The number of carbonyl (C=O) groups is 2. The molecule has 2 amide bonds. The van der Waals surface area contributed by atoms with Gasteiger partial charge in [-0.2, -0.15) is 0 Å². The Morgan fingerprint density at radius 1 is 1.12 bits per heavy atom. The van der Waals surface area contributed by atoms with Gasteiger partial charge in [-0.3, -0.25) is 14.3 Å². The maximum Gasteiger partial charge on any atom is 0.522 e. The van der Waals surface area contributed by atoms with Crippen molar-refractivity contribution < 1.29 is 32.2 Å². The Morgan fingerprint density at radius 3 is 2.55 bits per heavy atom. The summed E-state index contributed by atoms with van der Waals surface area (Å²) in [6, 6.07) is 8.61. The monoisotopic (exact) mass is 485 g/mol. The number of pyridine rings is 1. The molecule has 7 nitrogen and oxygen atoms in total. The first-order valence-corrected chi connectivity index (χ1v) is 11.1. The van der Waals surface area contributed by atoms with E-state index in [9.17, 15) is 22.8 Å². The largest absolute Gasteiger partial charge is 0.522 e. The van der Waals surface area contributed by atoms with Crippen molar-refractivity contribution in [2.24, 2.45) is 0 Å². The molecule has 1 saturated carbocycles. The van der Waals surface area contributed by atoms with Gasteiger partial charge < -0.3 is 15.0 Å². The minimum Gasteiger partial charge on any atom is -0.368 e. The normalized spacial score (nSPS) is 21.6. The summed E-state index contributed by atoms with van der Waals surface area (Å²) in [5.74, 6) is -0.490. The molecule has 0 bridgehead atoms. The van der Waals surface area contributed by atoms with Crippen LogP contribution >= 0.6 is 11.6 Å². The molecule has 1 aliphatic carbocycles. The van der Waals surface area contributed by atoms with Gasteiger partial charge in [0, 0.05) is 42.4 Å². The van der Waals surface area contributed by atoms with Crippen LogP contribution in [-0.2, 0) is 14.3 Å². The number of fused-ring (bicyclic) bond motifs is 1. The number of piperidine rings is 1. The van der Waals surface area contributed by atoms with Crippen LogP contribution in [-0.4, -0.2) is 66.0 Å². The van der Waals surface area contributed by atoms with Crippen molar-refractivity contribution in [3.05, 3.63) is 41.0 Å². The first-order chi connectivity index (χ1) is 15.7. The lowest BCUT2D eigenvalue weighted by atomic mass is 9.92. The van der Waals surface area contributed by atoms with Crippen molar-refractivity contribution in [3.63, 3.8) is 0 Å². The van der Waals surface area contributed by atoms with Crippen LogP contribution in [0, 0.1) is 0 Å². The van der Waals surface area contributed by atoms with Crippen LogP contribution in [0.1, 0.15) is 36.2 Å². The quantitative estimate of drug-likeness (QED) is 0.675. The van der Waals surface area contributed by atoms with E-state index >= 15 is 0 Å².